The maximum atomic E-state index is 9.37. The molecule has 0 atom stereocenters. The lowest BCUT2D eigenvalue weighted by Crippen LogP contribution is -2.35. The van der Waals surface area contributed by atoms with Crippen LogP contribution in [0, 0.1) is 0 Å². The quantitative estimate of drug-likeness (QED) is 0.779. The number of rotatable bonds is 1. The number of aliphatic hydroxyl groups excluding tert-OH is 1. The van der Waals surface area contributed by atoms with Crippen LogP contribution in [-0.4, -0.2) is 29.3 Å². The van der Waals surface area contributed by atoms with Crippen LogP contribution >= 0.6 is 15.9 Å². The topological polar surface area (TPSA) is 36.4 Å². The van der Waals surface area contributed by atoms with Gasteiger partial charge in [0.15, 0.2) is 0 Å². The summed E-state index contributed by atoms with van der Waals surface area (Å²) in [6.07, 6.45) is 3.46. The van der Waals surface area contributed by atoms with Gasteiger partial charge in [-0.1, -0.05) is 0 Å². The lowest BCUT2D eigenvalue weighted by atomic mass is 10.1. The average Bonchev–Trinajstić information content (AvgIpc) is 2.21. The summed E-state index contributed by atoms with van der Waals surface area (Å²) >= 11 is 3.31. The number of halogens is 1. The van der Waals surface area contributed by atoms with Crippen LogP contribution in [0.4, 0.5) is 5.69 Å². The van der Waals surface area contributed by atoms with Crippen LogP contribution in [0.1, 0.15) is 12.8 Å². The van der Waals surface area contributed by atoms with E-state index in [9.17, 15) is 5.11 Å². The van der Waals surface area contributed by atoms with Crippen molar-refractivity contribution in [3.63, 3.8) is 0 Å². The number of aromatic nitrogens is 1. The Morgan fingerprint density at radius 3 is 2.64 bits per heavy atom. The fraction of sp³-hybridized carbons (Fsp3) is 0.500. The first-order valence-electron chi connectivity index (χ1n) is 4.80. The van der Waals surface area contributed by atoms with Gasteiger partial charge in [-0.25, -0.2) is 4.98 Å². The van der Waals surface area contributed by atoms with E-state index in [4.69, 9.17) is 0 Å². The Morgan fingerprint density at radius 1 is 1.36 bits per heavy atom. The average molecular weight is 257 g/mol. The molecular weight excluding hydrogens is 244 g/mol. The van der Waals surface area contributed by atoms with Crippen molar-refractivity contribution in [2.24, 2.45) is 0 Å². The van der Waals surface area contributed by atoms with Crippen molar-refractivity contribution in [3.05, 3.63) is 22.9 Å². The molecule has 1 aliphatic rings. The summed E-state index contributed by atoms with van der Waals surface area (Å²) in [6.45, 7) is 1.84. The van der Waals surface area contributed by atoms with E-state index >= 15 is 0 Å². The summed E-state index contributed by atoms with van der Waals surface area (Å²) in [4.78, 5) is 6.44. The Hall–Kier alpha value is -0.610. The third-order valence-corrected chi connectivity index (χ3v) is 3.01. The van der Waals surface area contributed by atoms with Gasteiger partial charge in [0, 0.05) is 13.1 Å². The molecule has 0 radical (unpaired) electrons. The summed E-state index contributed by atoms with van der Waals surface area (Å²) in [6, 6.07) is 4.00. The van der Waals surface area contributed by atoms with Gasteiger partial charge in [-0.05, 0) is 40.9 Å². The second-order valence-corrected chi connectivity index (χ2v) is 4.37. The highest BCUT2D eigenvalue weighted by Gasteiger charge is 2.16. The maximum Gasteiger partial charge on any atom is 0.106 e. The number of aliphatic hydroxyl groups is 1. The van der Waals surface area contributed by atoms with E-state index in [1.54, 1.807) is 0 Å². The van der Waals surface area contributed by atoms with E-state index < -0.39 is 0 Å². The van der Waals surface area contributed by atoms with E-state index in [2.05, 4.69) is 31.9 Å². The van der Waals surface area contributed by atoms with Gasteiger partial charge in [-0.2, -0.15) is 0 Å². The molecule has 0 bridgehead atoms. The van der Waals surface area contributed by atoms with Crippen molar-refractivity contribution < 1.29 is 5.11 Å². The molecule has 0 amide bonds. The van der Waals surface area contributed by atoms with E-state index in [1.165, 1.54) is 0 Å². The Bertz CT molecular complexity index is 293. The number of hydrogen-bond donors (Lipinski definition) is 1. The first-order valence-corrected chi connectivity index (χ1v) is 5.59. The monoisotopic (exact) mass is 256 g/mol. The molecule has 0 aromatic carbocycles. The minimum atomic E-state index is -0.116. The van der Waals surface area contributed by atoms with Crippen LogP contribution in [0.15, 0.2) is 22.9 Å². The summed E-state index contributed by atoms with van der Waals surface area (Å²) in [5.41, 5.74) is 1.14. The van der Waals surface area contributed by atoms with Crippen molar-refractivity contribution in [3.8, 4) is 0 Å². The zero-order chi connectivity index (χ0) is 9.97. The summed E-state index contributed by atoms with van der Waals surface area (Å²) in [5.74, 6) is 0. The molecule has 1 saturated heterocycles. The van der Waals surface area contributed by atoms with Gasteiger partial charge >= 0.3 is 0 Å². The lowest BCUT2D eigenvalue weighted by molar-refractivity contribution is 0.145. The number of anilines is 1. The first-order chi connectivity index (χ1) is 6.75. The smallest absolute Gasteiger partial charge is 0.106 e. The Morgan fingerprint density at radius 2 is 2.07 bits per heavy atom. The van der Waals surface area contributed by atoms with Crippen LogP contribution in [-0.2, 0) is 0 Å². The van der Waals surface area contributed by atoms with Crippen molar-refractivity contribution in [1.29, 1.82) is 0 Å². The molecular formula is C10H13BrN2O. The molecule has 1 N–H and O–H groups in total. The molecule has 0 unspecified atom stereocenters. The predicted octanol–water partition coefficient (Wildman–Crippen LogP) is 1.81. The molecule has 0 spiro atoms. The van der Waals surface area contributed by atoms with Gasteiger partial charge in [0.05, 0.1) is 18.0 Å². The van der Waals surface area contributed by atoms with Crippen molar-refractivity contribution in [1.82, 2.24) is 4.98 Å². The van der Waals surface area contributed by atoms with Gasteiger partial charge in [-0.15, -0.1) is 0 Å². The lowest BCUT2D eigenvalue weighted by Gasteiger charge is -2.31. The van der Waals surface area contributed by atoms with Crippen LogP contribution in [0.5, 0.6) is 0 Å². The molecule has 0 saturated carbocycles. The third kappa shape index (κ3) is 2.25. The van der Waals surface area contributed by atoms with Crippen molar-refractivity contribution in [2.45, 2.75) is 18.9 Å². The fourth-order valence-corrected chi connectivity index (χ4v) is 1.91. The molecule has 3 nitrogen and oxygen atoms in total. The molecule has 1 aromatic rings. The Labute approximate surface area is 91.9 Å². The summed E-state index contributed by atoms with van der Waals surface area (Å²) in [5, 5.41) is 9.37. The van der Waals surface area contributed by atoms with Crippen LogP contribution < -0.4 is 4.90 Å². The molecule has 76 valence electrons. The number of pyridine rings is 1. The zero-order valence-electron chi connectivity index (χ0n) is 7.86. The largest absolute Gasteiger partial charge is 0.393 e. The highest BCUT2D eigenvalue weighted by atomic mass is 79.9. The van der Waals surface area contributed by atoms with E-state index in [1.807, 2.05) is 12.3 Å². The van der Waals surface area contributed by atoms with Crippen LogP contribution in [0.3, 0.4) is 0 Å². The molecule has 1 fully saturated rings. The van der Waals surface area contributed by atoms with E-state index in [0.29, 0.717) is 0 Å². The molecule has 1 aromatic heterocycles. The van der Waals surface area contributed by atoms with Gasteiger partial charge in [0.2, 0.25) is 0 Å². The highest BCUT2D eigenvalue weighted by molar-refractivity contribution is 9.10. The normalized spacial score (nSPS) is 18.6. The zero-order valence-corrected chi connectivity index (χ0v) is 9.44. The number of nitrogens with zero attached hydrogens (tertiary/aromatic N) is 2. The summed E-state index contributed by atoms with van der Waals surface area (Å²) < 4.78 is 0.860. The minimum Gasteiger partial charge on any atom is -0.393 e. The van der Waals surface area contributed by atoms with Crippen LogP contribution in [0.25, 0.3) is 0 Å². The first kappa shape index (κ1) is 9.93. The predicted molar refractivity (Wildman–Crippen MR) is 59.4 cm³/mol. The molecule has 1 aliphatic heterocycles. The molecule has 0 aliphatic carbocycles. The molecule has 2 rings (SSSR count). The van der Waals surface area contributed by atoms with Crippen LogP contribution in [0.2, 0.25) is 0 Å². The Balaban J connectivity index is 2.05. The molecule has 4 heteroatoms. The van der Waals surface area contributed by atoms with Gasteiger partial charge in [0.1, 0.15) is 4.60 Å². The molecule has 2 heterocycles. The standard InChI is InChI=1S/C10H13BrN2O/c11-10-2-1-8(7-12-10)13-5-3-9(14)4-6-13/h1-2,7,9,14H,3-6H2. The number of piperidine rings is 1. The van der Waals surface area contributed by atoms with Gasteiger partial charge in [0.25, 0.3) is 0 Å². The summed E-state index contributed by atoms with van der Waals surface area (Å²) in [7, 11) is 0. The highest BCUT2D eigenvalue weighted by Crippen LogP contribution is 2.20. The number of hydrogen-bond acceptors (Lipinski definition) is 3. The molecule has 14 heavy (non-hydrogen) atoms. The van der Waals surface area contributed by atoms with E-state index in [0.717, 1.165) is 36.2 Å². The Kier molecular flexibility index (Phi) is 3.03. The van der Waals surface area contributed by atoms with Gasteiger partial charge < -0.3 is 10.0 Å². The van der Waals surface area contributed by atoms with Gasteiger partial charge in [-0.3, -0.25) is 0 Å². The van der Waals surface area contributed by atoms with E-state index in [-0.39, 0.29) is 6.10 Å². The minimum absolute atomic E-state index is 0.116. The third-order valence-electron chi connectivity index (χ3n) is 2.54. The second-order valence-electron chi connectivity index (χ2n) is 3.56. The van der Waals surface area contributed by atoms with Crippen molar-refractivity contribution in [2.75, 3.05) is 18.0 Å². The SMILES string of the molecule is OC1CCN(c2ccc(Br)nc2)CC1. The fourth-order valence-electron chi connectivity index (χ4n) is 1.68. The maximum absolute atomic E-state index is 9.37. The second kappa shape index (κ2) is 4.28. The van der Waals surface area contributed by atoms with Crippen molar-refractivity contribution >= 4 is 21.6 Å².